The van der Waals surface area contributed by atoms with Crippen molar-refractivity contribution in [3.8, 4) is 0 Å². The first-order chi connectivity index (χ1) is 15.2. The van der Waals surface area contributed by atoms with E-state index in [2.05, 4.69) is 10.0 Å². The van der Waals surface area contributed by atoms with Crippen molar-refractivity contribution in [2.75, 3.05) is 6.61 Å². The maximum atomic E-state index is 8.68. The molecule has 1 heterocycles. The summed E-state index contributed by atoms with van der Waals surface area (Å²) in [5.74, 6) is 3.85. The van der Waals surface area contributed by atoms with Crippen LogP contribution in [0.25, 0.3) is 21.5 Å². The lowest BCUT2D eigenvalue weighted by molar-refractivity contribution is -0.00593. The van der Waals surface area contributed by atoms with Crippen molar-refractivity contribution < 1.29 is 9.15 Å². The van der Waals surface area contributed by atoms with Crippen molar-refractivity contribution >= 4 is 11.1 Å². The van der Waals surface area contributed by atoms with Crippen molar-refractivity contribution in [1.29, 1.82) is 0 Å². The molecular weight excluding hydrogens is 388 g/mol. The van der Waals surface area contributed by atoms with Gasteiger partial charge in [-0.25, -0.2) is 4.98 Å². The van der Waals surface area contributed by atoms with Crippen LogP contribution in [-0.2, 0) is 4.74 Å². The summed E-state index contributed by atoms with van der Waals surface area (Å²) < 4.78 is 12.4. The summed E-state index contributed by atoms with van der Waals surface area (Å²) in [5, 5.41) is 3.79. The van der Waals surface area contributed by atoms with E-state index in [0.717, 1.165) is 46.9 Å². The number of hydrogen-bond donors (Lipinski definition) is 0. The minimum Gasteiger partial charge on any atom is -0.440 e. The highest BCUT2D eigenvalue weighted by Gasteiger charge is 2.34. The SMILES string of the molecule is CC(N=[N+]=[N-])c1ccc2nc(C3CCC(C4CCCC(OCC5CC5)C4)CC3)oc2c1. The van der Waals surface area contributed by atoms with Crippen molar-refractivity contribution in [2.24, 2.45) is 22.9 Å². The van der Waals surface area contributed by atoms with E-state index in [-0.39, 0.29) is 6.04 Å². The molecule has 166 valence electrons. The summed E-state index contributed by atoms with van der Waals surface area (Å²) in [6.45, 7) is 2.90. The number of oxazole rings is 1. The van der Waals surface area contributed by atoms with Gasteiger partial charge < -0.3 is 9.15 Å². The number of rotatable bonds is 7. The van der Waals surface area contributed by atoms with E-state index in [0.29, 0.717) is 12.0 Å². The molecule has 6 heteroatoms. The molecule has 6 nitrogen and oxygen atoms in total. The molecule has 0 spiro atoms. The summed E-state index contributed by atoms with van der Waals surface area (Å²) in [4.78, 5) is 7.70. The Morgan fingerprint density at radius 2 is 1.97 bits per heavy atom. The second-order valence-electron chi connectivity index (χ2n) is 10.1. The lowest BCUT2D eigenvalue weighted by Gasteiger charge is -2.37. The number of hydrogen-bond acceptors (Lipinski definition) is 4. The molecule has 5 rings (SSSR count). The van der Waals surface area contributed by atoms with Crippen LogP contribution >= 0.6 is 0 Å². The van der Waals surface area contributed by atoms with Gasteiger partial charge in [0.25, 0.3) is 0 Å². The molecule has 0 aliphatic heterocycles. The van der Waals surface area contributed by atoms with Crippen LogP contribution in [0.3, 0.4) is 0 Å². The van der Waals surface area contributed by atoms with Gasteiger partial charge in [-0.05, 0) is 98.8 Å². The zero-order chi connectivity index (χ0) is 21.2. The van der Waals surface area contributed by atoms with Gasteiger partial charge in [-0.15, -0.1) is 0 Å². The third-order valence-corrected chi connectivity index (χ3v) is 7.86. The summed E-state index contributed by atoms with van der Waals surface area (Å²) in [7, 11) is 0. The van der Waals surface area contributed by atoms with Crippen molar-refractivity contribution in [3.63, 3.8) is 0 Å². The normalized spacial score (nSPS) is 30.1. The Balaban J connectivity index is 1.18. The molecule has 1 aromatic heterocycles. The van der Waals surface area contributed by atoms with Crippen LogP contribution in [0.1, 0.15) is 94.5 Å². The van der Waals surface area contributed by atoms with E-state index in [1.54, 1.807) is 0 Å². The first kappa shape index (κ1) is 20.8. The van der Waals surface area contributed by atoms with E-state index in [9.17, 15) is 0 Å². The maximum Gasteiger partial charge on any atom is 0.198 e. The molecule has 31 heavy (non-hydrogen) atoms. The second-order valence-corrected chi connectivity index (χ2v) is 10.1. The highest BCUT2D eigenvalue weighted by molar-refractivity contribution is 5.73. The predicted molar refractivity (Wildman–Crippen MR) is 121 cm³/mol. The Kier molecular flexibility index (Phi) is 6.20. The number of fused-ring (bicyclic) bond motifs is 1. The molecule has 3 aliphatic carbocycles. The fourth-order valence-corrected chi connectivity index (χ4v) is 5.69. The standard InChI is InChI=1S/C25H34N4O2/c1-16(28-29-26)20-11-12-23-24(14-20)31-25(27-23)19-9-7-18(8-10-19)21-3-2-4-22(13-21)30-15-17-5-6-17/h11-12,14,16-19,21-22H,2-10,13,15H2,1H3. The van der Waals surface area contributed by atoms with Gasteiger partial charge in [-0.1, -0.05) is 24.5 Å². The topological polar surface area (TPSA) is 84.0 Å². The minimum atomic E-state index is -0.203. The molecule has 0 saturated heterocycles. The predicted octanol–water partition coefficient (Wildman–Crippen LogP) is 7.46. The van der Waals surface area contributed by atoms with Crippen molar-refractivity contribution in [1.82, 2.24) is 4.98 Å². The maximum absolute atomic E-state index is 8.68. The van der Waals surface area contributed by atoms with Crippen molar-refractivity contribution in [2.45, 2.75) is 89.2 Å². The summed E-state index contributed by atoms with van der Waals surface area (Å²) >= 11 is 0. The highest BCUT2D eigenvalue weighted by Crippen LogP contribution is 2.44. The molecular formula is C25H34N4O2. The molecule has 0 amide bonds. The summed E-state index contributed by atoms with van der Waals surface area (Å²) in [6, 6.07) is 5.73. The molecule has 3 fully saturated rings. The third-order valence-electron chi connectivity index (χ3n) is 7.86. The Labute approximate surface area is 184 Å². The number of ether oxygens (including phenoxy) is 1. The molecule has 1 aromatic carbocycles. The average Bonchev–Trinajstić information content (AvgIpc) is 3.54. The lowest BCUT2D eigenvalue weighted by atomic mass is 9.70. The summed E-state index contributed by atoms with van der Waals surface area (Å²) in [5.41, 5.74) is 11.4. The van der Waals surface area contributed by atoms with Crippen LogP contribution in [0.15, 0.2) is 27.7 Å². The van der Waals surface area contributed by atoms with Gasteiger partial charge in [-0.2, -0.15) is 0 Å². The lowest BCUT2D eigenvalue weighted by Crippen LogP contribution is -2.30. The smallest absolute Gasteiger partial charge is 0.198 e. The van der Waals surface area contributed by atoms with E-state index in [4.69, 9.17) is 19.7 Å². The van der Waals surface area contributed by atoms with Crippen molar-refractivity contribution in [3.05, 3.63) is 40.1 Å². The Morgan fingerprint density at radius 1 is 1.13 bits per heavy atom. The Hall–Kier alpha value is -2.04. The zero-order valence-electron chi connectivity index (χ0n) is 18.6. The first-order valence-corrected chi connectivity index (χ1v) is 12.3. The molecule has 0 bridgehead atoms. The number of nitrogens with zero attached hydrogens (tertiary/aromatic N) is 4. The molecule has 0 radical (unpaired) electrons. The molecule has 3 saturated carbocycles. The molecule has 3 unspecified atom stereocenters. The Bertz CT molecular complexity index is 938. The molecule has 3 aliphatic rings. The average molecular weight is 423 g/mol. The van der Waals surface area contributed by atoms with Gasteiger partial charge in [-0.3, -0.25) is 0 Å². The van der Waals surface area contributed by atoms with E-state index >= 15 is 0 Å². The van der Waals surface area contributed by atoms with Crippen LogP contribution in [0.2, 0.25) is 0 Å². The highest BCUT2D eigenvalue weighted by atomic mass is 16.5. The minimum absolute atomic E-state index is 0.203. The quantitative estimate of drug-likeness (QED) is 0.264. The second kappa shape index (κ2) is 9.22. The number of aromatic nitrogens is 1. The van der Waals surface area contributed by atoms with E-state index in [1.165, 1.54) is 64.2 Å². The summed E-state index contributed by atoms with van der Waals surface area (Å²) in [6.07, 6.45) is 13.4. The molecule has 0 N–H and O–H groups in total. The Morgan fingerprint density at radius 3 is 2.74 bits per heavy atom. The van der Waals surface area contributed by atoms with Gasteiger partial charge in [0, 0.05) is 17.4 Å². The molecule has 3 atom stereocenters. The van der Waals surface area contributed by atoms with Gasteiger partial charge in [0.1, 0.15) is 5.52 Å². The van der Waals surface area contributed by atoms with Crippen LogP contribution in [0, 0.1) is 17.8 Å². The van der Waals surface area contributed by atoms with E-state index < -0.39 is 0 Å². The van der Waals surface area contributed by atoms with Crippen LogP contribution in [-0.4, -0.2) is 17.7 Å². The van der Waals surface area contributed by atoms with Gasteiger partial charge in [0.2, 0.25) is 0 Å². The van der Waals surface area contributed by atoms with Crippen LogP contribution in [0.5, 0.6) is 0 Å². The number of benzene rings is 1. The monoisotopic (exact) mass is 422 g/mol. The van der Waals surface area contributed by atoms with Crippen LogP contribution < -0.4 is 0 Å². The van der Waals surface area contributed by atoms with Gasteiger partial charge in [0.15, 0.2) is 11.5 Å². The van der Waals surface area contributed by atoms with E-state index in [1.807, 2.05) is 25.1 Å². The molecule has 2 aromatic rings. The number of azide groups is 1. The largest absolute Gasteiger partial charge is 0.440 e. The van der Waals surface area contributed by atoms with Gasteiger partial charge >= 0.3 is 0 Å². The zero-order valence-corrected chi connectivity index (χ0v) is 18.6. The fourth-order valence-electron chi connectivity index (χ4n) is 5.69. The first-order valence-electron chi connectivity index (χ1n) is 12.3. The van der Waals surface area contributed by atoms with Gasteiger partial charge in [0.05, 0.1) is 12.1 Å². The fraction of sp³-hybridized carbons (Fsp3) is 0.720. The third kappa shape index (κ3) is 4.91. The van der Waals surface area contributed by atoms with Crippen LogP contribution in [0.4, 0.5) is 0 Å².